The Balaban J connectivity index is 1.58. The molecule has 1 aliphatic heterocycles. The van der Waals surface area contributed by atoms with Crippen molar-refractivity contribution in [2.75, 3.05) is 19.6 Å². The highest BCUT2D eigenvalue weighted by atomic mass is 35.5. The van der Waals surface area contributed by atoms with E-state index in [-0.39, 0.29) is 5.91 Å². The van der Waals surface area contributed by atoms with E-state index in [1.165, 1.54) is 12.8 Å². The van der Waals surface area contributed by atoms with Gasteiger partial charge in [-0.2, -0.15) is 0 Å². The van der Waals surface area contributed by atoms with Gasteiger partial charge in [0, 0.05) is 29.5 Å². The second-order valence-electron chi connectivity index (χ2n) is 6.23. The minimum atomic E-state index is -0.0675. The summed E-state index contributed by atoms with van der Waals surface area (Å²) in [6.07, 6.45) is 6.86. The zero-order valence-electron chi connectivity index (χ0n) is 13.6. The lowest BCUT2D eigenvalue weighted by molar-refractivity contribution is 0.0950. The van der Waals surface area contributed by atoms with E-state index in [2.05, 4.69) is 15.6 Å². The number of aromatic nitrogens is 1. The molecule has 1 amide bonds. The quantitative estimate of drug-likeness (QED) is 0.873. The molecule has 2 N–H and O–H groups in total. The normalized spacial score (nSPS) is 17.5. The van der Waals surface area contributed by atoms with Crippen molar-refractivity contribution in [1.82, 2.24) is 15.6 Å². The van der Waals surface area contributed by atoms with Gasteiger partial charge in [-0.3, -0.25) is 9.78 Å². The van der Waals surface area contributed by atoms with E-state index in [9.17, 15) is 4.79 Å². The molecular formula is C19H22ClN3O. The largest absolute Gasteiger partial charge is 0.352 e. The second kappa shape index (κ2) is 8.27. The zero-order chi connectivity index (χ0) is 16.8. The second-order valence-corrected chi connectivity index (χ2v) is 6.66. The van der Waals surface area contributed by atoms with E-state index in [1.54, 1.807) is 12.4 Å². The van der Waals surface area contributed by atoms with Crippen LogP contribution >= 0.6 is 11.6 Å². The average molecular weight is 344 g/mol. The summed E-state index contributed by atoms with van der Waals surface area (Å²) in [5.74, 6) is 0.597. The molecule has 4 nitrogen and oxygen atoms in total. The number of pyridine rings is 1. The number of nitrogens with one attached hydrogen (secondary N) is 2. The van der Waals surface area contributed by atoms with Gasteiger partial charge in [0.1, 0.15) is 0 Å². The molecule has 5 heteroatoms. The molecule has 1 atom stereocenters. The number of piperidine rings is 1. The fourth-order valence-corrected chi connectivity index (χ4v) is 3.15. The van der Waals surface area contributed by atoms with Crippen LogP contribution in [-0.2, 0) is 0 Å². The summed E-state index contributed by atoms with van der Waals surface area (Å²) >= 11 is 5.92. The fraction of sp³-hybridized carbons (Fsp3) is 0.368. The van der Waals surface area contributed by atoms with E-state index >= 15 is 0 Å². The molecule has 1 unspecified atom stereocenters. The highest BCUT2D eigenvalue weighted by Crippen LogP contribution is 2.21. The van der Waals surface area contributed by atoms with Crippen molar-refractivity contribution >= 4 is 17.5 Å². The lowest BCUT2D eigenvalue weighted by atomic mass is 9.96. The van der Waals surface area contributed by atoms with E-state index in [1.807, 2.05) is 30.3 Å². The first-order valence-electron chi connectivity index (χ1n) is 8.42. The molecule has 0 spiro atoms. The Kier molecular flexibility index (Phi) is 5.83. The average Bonchev–Trinajstić information content (AvgIpc) is 2.63. The van der Waals surface area contributed by atoms with Crippen molar-refractivity contribution in [3.63, 3.8) is 0 Å². The van der Waals surface area contributed by atoms with Crippen molar-refractivity contribution < 1.29 is 4.79 Å². The molecule has 24 heavy (non-hydrogen) atoms. The maximum absolute atomic E-state index is 12.3. The summed E-state index contributed by atoms with van der Waals surface area (Å²) < 4.78 is 0. The minimum absolute atomic E-state index is 0.0675. The monoisotopic (exact) mass is 343 g/mol. The Hall–Kier alpha value is -1.91. The van der Waals surface area contributed by atoms with Gasteiger partial charge < -0.3 is 10.6 Å². The predicted molar refractivity (Wildman–Crippen MR) is 97.2 cm³/mol. The third kappa shape index (κ3) is 4.56. The number of rotatable bonds is 5. The van der Waals surface area contributed by atoms with Gasteiger partial charge in [-0.15, -0.1) is 0 Å². The summed E-state index contributed by atoms with van der Waals surface area (Å²) in [4.78, 5) is 16.5. The fourth-order valence-electron chi connectivity index (χ4n) is 3.03. The predicted octanol–water partition coefficient (Wildman–Crippen LogP) is 3.52. The molecule has 2 aromatic rings. The molecule has 0 radical (unpaired) electrons. The van der Waals surface area contributed by atoms with Crippen LogP contribution in [0.1, 0.15) is 29.6 Å². The number of amides is 1. The van der Waals surface area contributed by atoms with Crippen LogP contribution < -0.4 is 10.6 Å². The van der Waals surface area contributed by atoms with Gasteiger partial charge in [0.2, 0.25) is 0 Å². The number of hydrogen-bond acceptors (Lipinski definition) is 3. The van der Waals surface area contributed by atoms with E-state index in [0.717, 1.165) is 30.6 Å². The summed E-state index contributed by atoms with van der Waals surface area (Å²) in [5, 5.41) is 7.10. The molecular weight excluding hydrogens is 322 g/mol. The first kappa shape index (κ1) is 16.9. The smallest absolute Gasteiger partial charge is 0.252 e. The molecule has 1 saturated heterocycles. The number of benzene rings is 1. The maximum atomic E-state index is 12.3. The molecule has 1 aromatic carbocycles. The van der Waals surface area contributed by atoms with Crippen LogP contribution in [-0.4, -0.2) is 30.5 Å². The SMILES string of the molecule is O=C(NCCC1CCCNC1)c1cncc(-c2ccc(Cl)cc2)c1. The molecule has 0 saturated carbocycles. The zero-order valence-corrected chi connectivity index (χ0v) is 14.4. The molecule has 3 rings (SSSR count). The van der Waals surface area contributed by atoms with Gasteiger partial charge in [0.05, 0.1) is 5.56 Å². The maximum Gasteiger partial charge on any atom is 0.252 e. The molecule has 0 aliphatic carbocycles. The molecule has 0 bridgehead atoms. The van der Waals surface area contributed by atoms with Gasteiger partial charge in [-0.1, -0.05) is 23.7 Å². The number of halogens is 1. The van der Waals surface area contributed by atoms with Crippen LogP contribution in [0.5, 0.6) is 0 Å². The summed E-state index contributed by atoms with van der Waals surface area (Å²) in [6.45, 7) is 2.88. The van der Waals surface area contributed by atoms with Gasteiger partial charge in [-0.05, 0) is 62.0 Å². The van der Waals surface area contributed by atoms with Crippen LogP contribution in [0.4, 0.5) is 0 Å². The molecule has 126 valence electrons. The van der Waals surface area contributed by atoms with Crippen LogP contribution in [0.15, 0.2) is 42.7 Å². The molecule has 1 aromatic heterocycles. The lowest BCUT2D eigenvalue weighted by Crippen LogP contribution is -2.33. The van der Waals surface area contributed by atoms with Crippen molar-refractivity contribution in [3.8, 4) is 11.1 Å². The summed E-state index contributed by atoms with van der Waals surface area (Å²) in [6, 6.07) is 9.39. The van der Waals surface area contributed by atoms with Crippen LogP contribution in [0.25, 0.3) is 11.1 Å². The molecule has 1 fully saturated rings. The first-order valence-corrected chi connectivity index (χ1v) is 8.80. The van der Waals surface area contributed by atoms with E-state index < -0.39 is 0 Å². The number of carbonyl (C=O) groups excluding carboxylic acids is 1. The number of carbonyl (C=O) groups is 1. The topological polar surface area (TPSA) is 54.0 Å². The Morgan fingerprint density at radius 2 is 2.08 bits per heavy atom. The minimum Gasteiger partial charge on any atom is -0.352 e. The van der Waals surface area contributed by atoms with Gasteiger partial charge in [-0.25, -0.2) is 0 Å². The number of nitrogens with zero attached hydrogens (tertiary/aromatic N) is 1. The molecule has 2 heterocycles. The van der Waals surface area contributed by atoms with Crippen LogP contribution in [0.3, 0.4) is 0 Å². The van der Waals surface area contributed by atoms with Crippen molar-refractivity contribution in [3.05, 3.63) is 53.3 Å². The third-order valence-corrected chi connectivity index (χ3v) is 4.67. The van der Waals surface area contributed by atoms with E-state index in [4.69, 9.17) is 11.6 Å². The number of hydrogen-bond donors (Lipinski definition) is 2. The highest BCUT2D eigenvalue weighted by molar-refractivity contribution is 6.30. The Bertz CT molecular complexity index is 681. The van der Waals surface area contributed by atoms with Gasteiger partial charge >= 0.3 is 0 Å². The Morgan fingerprint density at radius 1 is 1.25 bits per heavy atom. The van der Waals surface area contributed by atoms with Crippen molar-refractivity contribution in [2.24, 2.45) is 5.92 Å². The standard InChI is InChI=1S/C19H22ClN3O/c20-18-5-3-15(4-6-18)16-10-17(13-22-12-16)19(24)23-9-7-14-2-1-8-21-11-14/h3-6,10,12-14,21H,1-2,7-9,11H2,(H,23,24). The summed E-state index contributed by atoms with van der Waals surface area (Å²) in [7, 11) is 0. The van der Waals surface area contributed by atoms with Crippen LogP contribution in [0, 0.1) is 5.92 Å². The van der Waals surface area contributed by atoms with Crippen LogP contribution in [0.2, 0.25) is 5.02 Å². The summed E-state index contributed by atoms with van der Waals surface area (Å²) in [5.41, 5.74) is 2.50. The Morgan fingerprint density at radius 3 is 2.83 bits per heavy atom. The van der Waals surface area contributed by atoms with Crippen molar-refractivity contribution in [2.45, 2.75) is 19.3 Å². The van der Waals surface area contributed by atoms with Gasteiger partial charge in [0.15, 0.2) is 0 Å². The Labute approximate surface area is 147 Å². The first-order chi connectivity index (χ1) is 11.7. The lowest BCUT2D eigenvalue weighted by Gasteiger charge is -2.22. The molecule has 1 aliphatic rings. The van der Waals surface area contributed by atoms with E-state index in [0.29, 0.717) is 23.0 Å². The highest BCUT2D eigenvalue weighted by Gasteiger charge is 2.13. The van der Waals surface area contributed by atoms with Crippen molar-refractivity contribution in [1.29, 1.82) is 0 Å². The third-order valence-electron chi connectivity index (χ3n) is 4.42. The van der Waals surface area contributed by atoms with Gasteiger partial charge in [0.25, 0.3) is 5.91 Å².